The van der Waals surface area contributed by atoms with Gasteiger partial charge in [-0.05, 0) is 24.1 Å². The van der Waals surface area contributed by atoms with Crippen LogP contribution in [0.25, 0.3) is 0 Å². The van der Waals surface area contributed by atoms with E-state index in [4.69, 9.17) is 5.73 Å². The minimum Gasteiger partial charge on any atom is -0.350 e. The Labute approximate surface area is 111 Å². The van der Waals surface area contributed by atoms with Crippen LogP contribution in [0.3, 0.4) is 0 Å². The second-order valence-corrected chi connectivity index (χ2v) is 4.23. The molecule has 0 aliphatic carbocycles. The van der Waals surface area contributed by atoms with Crippen molar-refractivity contribution in [2.75, 3.05) is 6.54 Å². The Morgan fingerprint density at radius 3 is 2.63 bits per heavy atom. The fourth-order valence-electron chi connectivity index (χ4n) is 1.71. The molecule has 0 aliphatic heterocycles. The highest BCUT2D eigenvalue weighted by molar-refractivity contribution is 5.75. The predicted molar refractivity (Wildman–Crippen MR) is 71.1 cm³/mol. The molecule has 1 aromatic carbocycles. The summed E-state index contributed by atoms with van der Waals surface area (Å²) < 4.78 is 1.49. The first-order valence-corrected chi connectivity index (χ1v) is 6.16. The van der Waals surface area contributed by atoms with Crippen LogP contribution in [0.4, 0.5) is 0 Å². The highest BCUT2D eigenvalue weighted by Crippen LogP contribution is 2.04. The molecule has 100 valence electrons. The number of carbonyl (C=O) groups excluding carboxylic acids is 1. The molecule has 0 unspecified atom stereocenters. The predicted octanol–water partition coefficient (Wildman–Crippen LogP) is 0.0957. The maximum atomic E-state index is 11.6. The molecular weight excluding hydrogens is 242 g/mol. The zero-order valence-electron chi connectivity index (χ0n) is 10.6. The molecule has 0 aliphatic rings. The number of rotatable bonds is 6. The first kappa shape index (κ1) is 13.2. The number of carbonyl (C=O) groups is 1. The molecule has 0 saturated heterocycles. The topological polar surface area (TPSA) is 85.8 Å². The third-order valence-electron chi connectivity index (χ3n) is 2.72. The largest absolute Gasteiger partial charge is 0.350 e. The first-order chi connectivity index (χ1) is 9.28. The van der Waals surface area contributed by atoms with Crippen molar-refractivity contribution in [1.82, 2.24) is 20.3 Å². The van der Waals surface area contributed by atoms with E-state index >= 15 is 0 Å². The summed E-state index contributed by atoms with van der Waals surface area (Å²) >= 11 is 0. The molecule has 0 bridgehead atoms. The van der Waals surface area contributed by atoms with E-state index in [2.05, 4.69) is 15.6 Å². The van der Waals surface area contributed by atoms with Crippen LogP contribution in [0.1, 0.15) is 11.1 Å². The minimum atomic E-state index is -0.0865. The lowest BCUT2D eigenvalue weighted by Crippen LogP contribution is -2.27. The van der Waals surface area contributed by atoms with E-state index in [1.165, 1.54) is 10.2 Å². The number of nitrogens with zero attached hydrogens (tertiary/aromatic N) is 3. The molecule has 0 fully saturated rings. The average molecular weight is 259 g/mol. The van der Waals surface area contributed by atoms with Crippen molar-refractivity contribution < 1.29 is 4.79 Å². The molecule has 0 saturated carbocycles. The lowest BCUT2D eigenvalue weighted by molar-refractivity contribution is -0.122. The van der Waals surface area contributed by atoms with Gasteiger partial charge in [-0.1, -0.05) is 29.5 Å². The number of aromatic nitrogens is 3. The molecule has 0 radical (unpaired) electrons. The summed E-state index contributed by atoms with van der Waals surface area (Å²) in [6.07, 6.45) is 4.07. The summed E-state index contributed by atoms with van der Waals surface area (Å²) in [5.74, 6) is -0.0865. The quantitative estimate of drug-likeness (QED) is 0.770. The van der Waals surface area contributed by atoms with Crippen molar-refractivity contribution in [3.8, 4) is 0 Å². The Bertz CT molecular complexity index is 506. The van der Waals surface area contributed by atoms with Crippen LogP contribution in [-0.2, 0) is 24.3 Å². The van der Waals surface area contributed by atoms with Gasteiger partial charge < -0.3 is 11.1 Å². The van der Waals surface area contributed by atoms with Gasteiger partial charge in [-0.2, -0.15) is 0 Å². The molecule has 6 nitrogen and oxygen atoms in total. The standard InChI is InChI=1S/C13H17N5O/c14-6-5-11-1-3-12(4-2-11)9-15-13(19)10-18-8-7-16-17-18/h1-4,7-8H,5-6,9-10,14H2,(H,15,19). The van der Waals surface area contributed by atoms with E-state index in [0.29, 0.717) is 13.1 Å². The fraction of sp³-hybridized carbons (Fsp3) is 0.308. The summed E-state index contributed by atoms with van der Waals surface area (Å²) in [6, 6.07) is 8.07. The molecule has 2 aromatic rings. The summed E-state index contributed by atoms with van der Waals surface area (Å²) in [4.78, 5) is 11.6. The van der Waals surface area contributed by atoms with Crippen LogP contribution >= 0.6 is 0 Å². The molecule has 6 heteroatoms. The molecule has 1 amide bonds. The van der Waals surface area contributed by atoms with Gasteiger partial charge in [0.15, 0.2) is 0 Å². The monoisotopic (exact) mass is 259 g/mol. The molecule has 0 spiro atoms. The number of amides is 1. The van der Waals surface area contributed by atoms with E-state index in [1.807, 2.05) is 24.3 Å². The van der Waals surface area contributed by atoms with Crippen LogP contribution in [0, 0.1) is 0 Å². The number of hydrogen-bond acceptors (Lipinski definition) is 4. The average Bonchev–Trinajstić information content (AvgIpc) is 2.91. The Kier molecular flexibility index (Phi) is 4.63. The van der Waals surface area contributed by atoms with Crippen LogP contribution in [0.2, 0.25) is 0 Å². The Balaban J connectivity index is 1.79. The molecule has 19 heavy (non-hydrogen) atoms. The van der Waals surface area contributed by atoms with Crippen LogP contribution in [0.5, 0.6) is 0 Å². The number of nitrogens with one attached hydrogen (secondary N) is 1. The smallest absolute Gasteiger partial charge is 0.242 e. The third-order valence-corrected chi connectivity index (χ3v) is 2.72. The van der Waals surface area contributed by atoms with Crippen LogP contribution < -0.4 is 11.1 Å². The highest BCUT2D eigenvalue weighted by atomic mass is 16.2. The molecular formula is C13H17N5O. The van der Waals surface area contributed by atoms with Crippen molar-refractivity contribution in [2.45, 2.75) is 19.5 Å². The molecule has 1 aromatic heterocycles. The van der Waals surface area contributed by atoms with Gasteiger partial charge in [0.1, 0.15) is 6.54 Å². The van der Waals surface area contributed by atoms with Crippen molar-refractivity contribution in [3.05, 3.63) is 47.8 Å². The van der Waals surface area contributed by atoms with Gasteiger partial charge >= 0.3 is 0 Å². The van der Waals surface area contributed by atoms with Crippen molar-refractivity contribution in [2.24, 2.45) is 5.73 Å². The van der Waals surface area contributed by atoms with Gasteiger partial charge in [-0.25, -0.2) is 4.68 Å². The molecule has 1 heterocycles. The Morgan fingerprint density at radius 1 is 1.26 bits per heavy atom. The molecule has 2 rings (SSSR count). The fourth-order valence-corrected chi connectivity index (χ4v) is 1.71. The third kappa shape index (κ3) is 4.18. The normalized spacial score (nSPS) is 10.4. The zero-order chi connectivity index (χ0) is 13.5. The molecule has 3 N–H and O–H groups in total. The van der Waals surface area contributed by atoms with Gasteiger partial charge in [0.25, 0.3) is 0 Å². The second-order valence-electron chi connectivity index (χ2n) is 4.23. The van der Waals surface area contributed by atoms with Crippen molar-refractivity contribution in [1.29, 1.82) is 0 Å². The van der Waals surface area contributed by atoms with E-state index in [1.54, 1.807) is 12.4 Å². The summed E-state index contributed by atoms with van der Waals surface area (Å²) in [5.41, 5.74) is 7.76. The zero-order valence-corrected chi connectivity index (χ0v) is 10.6. The minimum absolute atomic E-state index is 0.0865. The van der Waals surface area contributed by atoms with E-state index in [9.17, 15) is 4.79 Å². The Hall–Kier alpha value is -2.21. The van der Waals surface area contributed by atoms with E-state index in [-0.39, 0.29) is 12.5 Å². The second kappa shape index (κ2) is 6.65. The first-order valence-electron chi connectivity index (χ1n) is 6.16. The lowest BCUT2D eigenvalue weighted by atomic mass is 10.1. The van der Waals surface area contributed by atoms with Gasteiger partial charge in [0, 0.05) is 12.7 Å². The number of hydrogen-bond donors (Lipinski definition) is 2. The SMILES string of the molecule is NCCc1ccc(CNC(=O)Cn2ccnn2)cc1. The summed E-state index contributed by atoms with van der Waals surface area (Å²) in [5, 5.41) is 10.2. The van der Waals surface area contributed by atoms with Gasteiger partial charge in [-0.15, -0.1) is 5.10 Å². The summed E-state index contributed by atoms with van der Waals surface area (Å²) in [6.45, 7) is 1.34. The van der Waals surface area contributed by atoms with Gasteiger partial charge in [0.2, 0.25) is 5.91 Å². The summed E-state index contributed by atoms with van der Waals surface area (Å²) in [7, 11) is 0. The highest BCUT2D eigenvalue weighted by Gasteiger charge is 2.03. The number of nitrogens with two attached hydrogens (primary N) is 1. The van der Waals surface area contributed by atoms with Crippen LogP contribution in [-0.4, -0.2) is 27.4 Å². The maximum absolute atomic E-state index is 11.6. The van der Waals surface area contributed by atoms with Gasteiger partial charge in [0.05, 0.1) is 6.20 Å². The van der Waals surface area contributed by atoms with Crippen molar-refractivity contribution >= 4 is 5.91 Å². The van der Waals surface area contributed by atoms with E-state index < -0.39 is 0 Å². The van der Waals surface area contributed by atoms with Gasteiger partial charge in [-0.3, -0.25) is 4.79 Å². The molecule has 0 atom stereocenters. The van der Waals surface area contributed by atoms with Crippen molar-refractivity contribution in [3.63, 3.8) is 0 Å². The lowest BCUT2D eigenvalue weighted by Gasteiger charge is -2.06. The maximum Gasteiger partial charge on any atom is 0.242 e. The van der Waals surface area contributed by atoms with E-state index in [0.717, 1.165) is 12.0 Å². The number of benzene rings is 1. The Morgan fingerprint density at radius 2 is 2.00 bits per heavy atom. The van der Waals surface area contributed by atoms with Crippen LogP contribution in [0.15, 0.2) is 36.7 Å².